The topological polar surface area (TPSA) is 88.1 Å². The number of ketones is 1. The molecule has 1 heterocycles. The van der Waals surface area contributed by atoms with Crippen LogP contribution in [0, 0.1) is 11.8 Å². The largest absolute Gasteiger partial charge is 0.344 e. The monoisotopic (exact) mass is 458 g/mol. The molecule has 0 N–H and O–H groups in total. The first-order chi connectivity index (χ1) is 14.6. The summed E-state index contributed by atoms with van der Waals surface area (Å²) in [6.07, 6.45) is 8.19. The smallest absolute Gasteiger partial charge is 0.337 e. The van der Waals surface area contributed by atoms with Crippen molar-refractivity contribution in [1.29, 1.82) is 0 Å². The van der Waals surface area contributed by atoms with E-state index in [1.807, 2.05) is 13.0 Å². The van der Waals surface area contributed by atoms with Crippen molar-refractivity contribution < 1.29 is 32.7 Å². The Balaban J connectivity index is 2.66. The number of allylic oxidation sites excluding steroid dienone is 3. The van der Waals surface area contributed by atoms with E-state index in [9.17, 15) is 14.2 Å². The summed E-state index contributed by atoms with van der Waals surface area (Å²) in [5, 5.41) is 0. The van der Waals surface area contributed by atoms with Crippen molar-refractivity contribution in [3.05, 3.63) is 23.3 Å². The Hall–Kier alpha value is -1.11. The second-order valence-electron chi connectivity index (χ2n) is 8.52. The van der Waals surface area contributed by atoms with Crippen LogP contribution in [0.1, 0.15) is 59.8 Å². The molecule has 0 aliphatic carbocycles. The molecule has 0 radical (unpaired) electrons. The Morgan fingerprint density at radius 2 is 1.71 bits per heavy atom. The number of carbonyl (C=O) groups is 2. The highest BCUT2D eigenvalue weighted by Crippen LogP contribution is 2.46. The molecule has 1 aliphatic rings. The van der Waals surface area contributed by atoms with Gasteiger partial charge in [-0.3, -0.25) is 9.36 Å². The van der Waals surface area contributed by atoms with E-state index in [2.05, 4.69) is 26.8 Å². The molecule has 0 aromatic rings. The van der Waals surface area contributed by atoms with Gasteiger partial charge in [-0.2, -0.15) is 0 Å². The van der Waals surface area contributed by atoms with Crippen molar-refractivity contribution in [1.82, 2.24) is 0 Å². The summed E-state index contributed by atoms with van der Waals surface area (Å²) < 4.78 is 33.4. The molecule has 31 heavy (non-hydrogen) atoms. The maximum atomic E-state index is 12.5. The molecule has 1 unspecified atom stereocenters. The van der Waals surface area contributed by atoms with E-state index in [1.54, 1.807) is 0 Å². The van der Waals surface area contributed by atoms with Gasteiger partial charge in [0.2, 0.25) is 0 Å². The van der Waals surface area contributed by atoms with Gasteiger partial charge in [-0.05, 0) is 51.5 Å². The Kier molecular flexibility index (Phi) is 12.1. The lowest BCUT2D eigenvalue weighted by Gasteiger charge is -2.24. The summed E-state index contributed by atoms with van der Waals surface area (Å²) in [6.45, 7) is 9.02. The molecule has 8 heteroatoms. The van der Waals surface area contributed by atoms with Gasteiger partial charge >= 0.3 is 7.60 Å². The zero-order chi connectivity index (χ0) is 23.5. The number of ether oxygens (including phenoxy) is 2. The van der Waals surface area contributed by atoms with Crippen LogP contribution < -0.4 is 0 Å². The van der Waals surface area contributed by atoms with Gasteiger partial charge in [0.15, 0.2) is 11.6 Å². The second-order valence-corrected chi connectivity index (χ2v) is 10.8. The van der Waals surface area contributed by atoms with Crippen LogP contribution >= 0.6 is 7.60 Å². The zero-order valence-electron chi connectivity index (χ0n) is 19.8. The molecule has 0 spiro atoms. The SMILES string of the molecule is COP(=O)(CC(=O)CC1(/C=C(\C)CC/C=C(\C)CCC(C=O)C(C)C)OCCO1)OC. The van der Waals surface area contributed by atoms with Gasteiger partial charge in [0.25, 0.3) is 0 Å². The molecule has 0 aromatic heterocycles. The van der Waals surface area contributed by atoms with E-state index in [-0.39, 0.29) is 24.3 Å². The molecule has 0 bridgehead atoms. The predicted molar refractivity (Wildman–Crippen MR) is 121 cm³/mol. The van der Waals surface area contributed by atoms with Crippen molar-refractivity contribution in [3.8, 4) is 0 Å². The van der Waals surface area contributed by atoms with E-state index >= 15 is 0 Å². The molecule has 1 fully saturated rings. The second kappa shape index (κ2) is 13.4. The van der Waals surface area contributed by atoms with Crippen LogP contribution in [0.3, 0.4) is 0 Å². The fraction of sp³-hybridized carbons (Fsp3) is 0.739. The van der Waals surface area contributed by atoms with Crippen LogP contribution in [0.2, 0.25) is 0 Å². The molecule has 1 aliphatic heterocycles. The van der Waals surface area contributed by atoms with Crippen molar-refractivity contribution in [2.24, 2.45) is 11.8 Å². The molecule has 1 rings (SSSR count). The van der Waals surface area contributed by atoms with E-state index in [0.717, 1.165) is 37.5 Å². The molecule has 0 aromatic carbocycles. The first kappa shape index (κ1) is 27.9. The molecule has 178 valence electrons. The van der Waals surface area contributed by atoms with Crippen LogP contribution in [0.5, 0.6) is 0 Å². The van der Waals surface area contributed by atoms with Gasteiger partial charge in [0.1, 0.15) is 12.4 Å². The lowest BCUT2D eigenvalue weighted by Crippen LogP contribution is -2.32. The lowest BCUT2D eigenvalue weighted by atomic mass is 9.91. The normalized spacial score (nSPS) is 18.4. The van der Waals surface area contributed by atoms with Gasteiger partial charge in [0.05, 0.1) is 19.6 Å². The molecule has 0 saturated carbocycles. The first-order valence-corrected chi connectivity index (χ1v) is 12.6. The quantitative estimate of drug-likeness (QED) is 0.192. The highest BCUT2D eigenvalue weighted by molar-refractivity contribution is 7.54. The maximum absolute atomic E-state index is 12.5. The Labute approximate surface area is 187 Å². The standard InChI is InChI=1S/C23H39O7P/c1-18(2)21(16-24)11-10-19(3)8-7-9-20(4)14-23(29-12-13-30-23)15-22(25)17-31(26,27-5)28-6/h8,14,16,18,21H,7,9-13,15,17H2,1-6H3/b19-8+,20-14+. The predicted octanol–water partition coefficient (Wildman–Crippen LogP) is 5.10. The zero-order valence-corrected chi connectivity index (χ0v) is 20.7. The first-order valence-electron chi connectivity index (χ1n) is 10.9. The molecule has 7 nitrogen and oxygen atoms in total. The van der Waals surface area contributed by atoms with Gasteiger partial charge < -0.3 is 23.3 Å². The van der Waals surface area contributed by atoms with E-state index < -0.39 is 13.4 Å². The minimum Gasteiger partial charge on any atom is -0.344 e. The minimum absolute atomic E-state index is 0.0434. The highest BCUT2D eigenvalue weighted by Gasteiger charge is 2.39. The number of hydrogen-bond acceptors (Lipinski definition) is 7. The number of carbonyl (C=O) groups excluding carboxylic acids is 2. The molecule has 0 amide bonds. The van der Waals surface area contributed by atoms with E-state index in [1.165, 1.54) is 19.8 Å². The number of aldehydes is 1. The Morgan fingerprint density at radius 1 is 1.10 bits per heavy atom. The third-order valence-corrected chi connectivity index (χ3v) is 7.40. The minimum atomic E-state index is -3.42. The van der Waals surface area contributed by atoms with Crippen molar-refractivity contribution in [2.75, 3.05) is 33.6 Å². The third kappa shape index (κ3) is 9.92. The van der Waals surface area contributed by atoms with Gasteiger partial charge in [-0.15, -0.1) is 0 Å². The molecular weight excluding hydrogens is 419 g/mol. The molecule has 1 saturated heterocycles. The summed E-state index contributed by atoms with van der Waals surface area (Å²) in [7, 11) is -0.898. The van der Waals surface area contributed by atoms with Crippen LogP contribution in [-0.2, 0) is 32.7 Å². The fourth-order valence-corrected chi connectivity index (χ4v) is 4.46. The van der Waals surface area contributed by atoms with Crippen LogP contribution in [0.15, 0.2) is 23.3 Å². The van der Waals surface area contributed by atoms with Gasteiger partial charge in [-0.25, -0.2) is 0 Å². The Morgan fingerprint density at radius 3 is 2.23 bits per heavy atom. The third-order valence-electron chi connectivity index (χ3n) is 5.55. The summed E-state index contributed by atoms with van der Waals surface area (Å²) in [4.78, 5) is 23.6. The van der Waals surface area contributed by atoms with Crippen LogP contribution in [0.25, 0.3) is 0 Å². The van der Waals surface area contributed by atoms with E-state index in [4.69, 9.17) is 18.5 Å². The van der Waals surface area contributed by atoms with Crippen LogP contribution in [0.4, 0.5) is 0 Å². The number of Topliss-reactive ketones (excluding diaryl/α,β-unsaturated/α-hetero) is 1. The van der Waals surface area contributed by atoms with Gasteiger partial charge in [0, 0.05) is 20.1 Å². The average molecular weight is 459 g/mol. The highest BCUT2D eigenvalue weighted by atomic mass is 31.2. The number of hydrogen-bond donors (Lipinski definition) is 0. The fourth-order valence-electron chi connectivity index (χ4n) is 3.51. The van der Waals surface area contributed by atoms with Gasteiger partial charge in [-0.1, -0.05) is 31.1 Å². The lowest BCUT2D eigenvalue weighted by molar-refractivity contribution is -0.143. The number of rotatable bonds is 15. The van der Waals surface area contributed by atoms with Crippen LogP contribution in [-0.4, -0.2) is 51.5 Å². The molecular formula is C23H39O7P. The Bertz CT molecular complexity index is 682. The van der Waals surface area contributed by atoms with E-state index in [0.29, 0.717) is 19.1 Å². The van der Waals surface area contributed by atoms with Crippen molar-refractivity contribution >= 4 is 19.7 Å². The maximum Gasteiger partial charge on any atom is 0.337 e. The summed E-state index contributed by atoms with van der Waals surface area (Å²) in [5.41, 5.74) is 2.32. The van der Waals surface area contributed by atoms with Crippen molar-refractivity contribution in [2.45, 2.75) is 65.6 Å². The summed E-state index contributed by atoms with van der Waals surface area (Å²) >= 11 is 0. The summed E-state index contributed by atoms with van der Waals surface area (Å²) in [6, 6.07) is 0. The average Bonchev–Trinajstić information content (AvgIpc) is 3.15. The summed E-state index contributed by atoms with van der Waals surface area (Å²) in [5.74, 6) is -0.961. The van der Waals surface area contributed by atoms with Crippen molar-refractivity contribution in [3.63, 3.8) is 0 Å². The molecule has 1 atom stereocenters.